The molecule has 3 fully saturated rings. The van der Waals surface area contributed by atoms with Crippen molar-refractivity contribution in [3.05, 3.63) is 24.8 Å². The van der Waals surface area contributed by atoms with Gasteiger partial charge in [0.2, 0.25) is 0 Å². The summed E-state index contributed by atoms with van der Waals surface area (Å²) in [7, 11) is 0. The normalized spacial score (nSPS) is 36.7. The van der Waals surface area contributed by atoms with E-state index in [2.05, 4.69) is 27.0 Å². The Morgan fingerprint density at radius 3 is 2.67 bits per heavy atom. The first-order chi connectivity index (χ1) is 6.96. The second-order valence-electron chi connectivity index (χ2n) is 5.25. The number of esters is 1. The summed E-state index contributed by atoms with van der Waals surface area (Å²) >= 11 is 0. The maximum atomic E-state index is 11.1. The average molecular weight is 206 g/mol. The van der Waals surface area contributed by atoms with Gasteiger partial charge in [0.05, 0.1) is 0 Å². The summed E-state index contributed by atoms with van der Waals surface area (Å²) in [6.45, 7) is 12.1. The fourth-order valence-electron chi connectivity index (χ4n) is 2.99. The average Bonchev–Trinajstić information content (AvgIpc) is 2.19. The van der Waals surface area contributed by atoms with Crippen LogP contribution in [0.1, 0.15) is 26.7 Å². The molecule has 3 aliphatic rings. The smallest absolute Gasteiger partial charge is 0.330 e. The number of fused-ring (bicyclic) bond motifs is 2. The summed E-state index contributed by atoms with van der Waals surface area (Å²) in [6, 6.07) is 0. The molecule has 0 spiro atoms. The number of hydrogen-bond donors (Lipinski definition) is 0. The molecule has 0 radical (unpaired) electrons. The molecule has 3 atom stereocenters. The van der Waals surface area contributed by atoms with Crippen LogP contribution in [-0.4, -0.2) is 12.1 Å². The first-order valence-electron chi connectivity index (χ1n) is 5.48. The van der Waals surface area contributed by atoms with Gasteiger partial charge in [0.15, 0.2) is 0 Å². The third-order valence-corrected chi connectivity index (χ3v) is 4.26. The van der Waals surface area contributed by atoms with Crippen molar-refractivity contribution < 1.29 is 9.53 Å². The fourth-order valence-corrected chi connectivity index (χ4v) is 2.99. The molecule has 0 N–H and O–H groups in total. The van der Waals surface area contributed by atoms with Crippen molar-refractivity contribution >= 4 is 5.97 Å². The van der Waals surface area contributed by atoms with Crippen molar-refractivity contribution in [3.8, 4) is 0 Å². The van der Waals surface area contributed by atoms with Crippen molar-refractivity contribution in [2.24, 2.45) is 17.3 Å². The molecular weight excluding hydrogens is 188 g/mol. The second kappa shape index (κ2) is 3.22. The minimum atomic E-state index is -0.333. The van der Waals surface area contributed by atoms with Crippen LogP contribution in [0.25, 0.3) is 0 Å². The summed E-state index contributed by atoms with van der Waals surface area (Å²) in [4.78, 5) is 11.1. The van der Waals surface area contributed by atoms with Gasteiger partial charge in [-0.1, -0.05) is 27.0 Å². The maximum absolute atomic E-state index is 11.1. The van der Waals surface area contributed by atoms with Crippen LogP contribution in [0.2, 0.25) is 0 Å². The van der Waals surface area contributed by atoms with E-state index in [0.717, 1.165) is 12.0 Å². The highest BCUT2D eigenvalue weighted by Gasteiger charge is 2.55. The zero-order chi connectivity index (χ0) is 11.2. The lowest BCUT2D eigenvalue weighted by Crippen LogP contribution is -2.54. The van der Waals surface area contributed by atoms with E-state index in [0.29, 0.717) is 17.3 Å². The molecule has 0 unspecified atom stereocenters. The van der Waals surface area contributed by atoms with Crippen LogP contribution in [0.5, 0.6) is 0 Å². The van der Waals surface area contributed by atoms with Crippen molar-refractivity contribution in [2.45, 2.75) is 32.8 Å². The van der Waals surface area contributed by atoms with Gasteiger partial charge in [-0.3, -0.25) is 0 Å². The largest absolute Gasteiger partial charge is 0.455 e. The number of carbonyl (C=O) groups is 1. The van der Waals surface area contributed by atoms with Gasteiger partial charge in [-0.2, -0.15) is 0 Å². The lowest BCUT2D eigenvalue weighted by Gasteiger charge is -2.59. The summed E-state index contributed by atoms with van der Waals surface area (Å²) in [6.07, 6.45) is 3.29. The van der Waals surface area contributed by atoms with Crippen LogP contribution in [-0.2, 0) is 9.53 Å². The second-order valence-corrected chi connectivity index (χ2v) is 5.25. The minimum absolute atomic E-state index is 0.0766. The number of carbonyl (C=O) groups excluding carboxylic acids is 1. The predicted molar refractivity (Wildman–Crippen MR) is 59.2 cm³/mol. The zero-order valence-electron chi connectivity index (χ0n) is 9.45. The van der Waals surface area contributed by atoms with Gasteiger partial charge in [0.1, 0.15) is 6.10 Å². The first-order valence-corrected chi connectivity index (χ1v) is 5.48. The first kappa shape index (κ1) is 10.5. The standard InChI is InChI=1S/C13H18O2/c1-5-12(14)15-11-7-9-6-10(8(11)2)13(9,3)4/h5,9-11H,1-2,6-7H2,3-4H3/t9-,10+,11-/m1/s1. The predicted octanol–water partition coefficient (Wildman–Crippen LogP) is 2.71. The van der Waals surface area contributed by atoms with Gasteiger partial charge < -0.3 is 4.74 Å². The summed E-state index contributed by atoms with van der Waals surface area (Å²) < 4.78 is 5.29. The van der Waals surface area contributed by atoms with Crippen molar-refractivity contribution in [1.29, 1.82) is 0 Å². The van der Waals surface area contributed by atoms with Gasteiger partial charge in [-0.05, 0) is 35.7 Å². The van der Waals surface area contributed by atoms with Gasteiger partial charge in [0.25, 0.3) is 0 Å². The molecule has 0 aromatic carbocycles. The number of rotatable bonds is 2. The van der Waals surface area contributed by atoms with E-state index in [1.165, 1.54) is 12.5 Å². The van der Waals surface area contributed by atoms with E-state index >= 15 is 0 Å². The molecule has 3 saturated carbocycles. The van der Waals surface area contributed by atoms with E-state index in [1.807, 2.05) is 0 Å². The van der Waals surface area contributed by atoms with E-state index in [1.54, 1.807) is 0 Å². The SMILES string of the molecule is C=CC(=O)O[C@@H]1C[C@H]2C[C@@H](C1=C)C2(C)C. The zero-order valence-corrected chi connectivity index (χ0v) is 9.45. The molecule has 2 bridgehead atoms. The maximum Gasteiger partial charge on any atom is 0.330 e. The topological polar surface area (TPSA) is 26.3 Å². The quantitative estimate of drug-likeness (QED) is 0.394. The number of hydrogen-bond acceptors (Lipinski definition) is 2. The van der Waals surface area contributed by atoms with E-state index in [-0.39, 0.29) is 12.1 Å². The Bertz CT molecular complexity index is 327. The molecule has 0 amide bonds. The lowest BCUT2D eigenvalue weighted by molar-refractivity contribution is -0.150. The highest BCUT2D eigenvalue weighted by atomic mass is 16.5. The molecule has 15 heavy (non-hydrogen) atoms. The van der Waals surface area contributed by atoms with Gasteiger partial charge in [0, 0.05) is 6.08 Å². The Balaban J connectivity index is 2.06. The number of ether oxygens (including phenoxy) is 1. The van der Waals surface area contributed by atoms with Crippen molar-refractivity contribution in [1.82, 2.24) is 0 Å². The van der Waals surface area contributed by atoms with Crippen LogP contribution < -0.4 is 0 Å². The molecule has 0 heterocycles. The molecule has 0 aromatic rings. The van der Waals surface area contributed by atoms with Crippen LogP contribution in [0.15, 0.2) is 24.8 Å². The highest BCUT2D eigenvalue weighted by molar-refractivity contribution is 5.81. The van der Waals surface area contributed by atoms with Crippen molar-refractivity contribution in [3.63, 3.8) is 0 Å². The Kier molecular flexibility index (Phi) is 2.25. The van der Waals surface area contributed by atoms with Crippen molar-refractivity contribution in [2.75, 3.05) is 0 Å². The Labute approximate surface area is 91.0 Å². The monoisotopic (exact) mass is 206 g/mol. The molecule has 0 aromatic heterocycles. The van der Waals surface area contributed by atoms with Crippen LogP contribution >= 0.6 is 0 Å². The van der Waals surface area contributed by atoms with Gasteiger partial charge in [-0.25, -0.2) is 4.79 Å². The summed E-state index contributed by atoms with van der Waals surface area (Å²) in [5, 5.41) is 0. The minimum Gasteiger partial charge on any atom is -0.455 e. The Morgan fingerprint density at radius 1 is 1.53 bits per heavy atom. The molecular formula is C13H18O2. The summed E-state index contributed by atoms with van der Waals surface area (Å²) in [5.41, 5.74) is 1.45. The van der Waals surface area contributed by atoms with Crippen LogP contribution in [0.3, 0.4) is 0 Å². The molecule has 3 aliphatic carbocycles. The van der Waals surface area contributed by atoms with Crippen LogP contribution in [0.4, 0.5) is 0 Å². The highest BCUT2D eigenvalue weighted by Crippen LogP contribution is 2.61. The molecule has 0 saturated heterocycles. The molecule has 3 rings (SSSR count). The van der Waals surface area contributed by atoms with Gasteiger partial charge in [-0.15, -0.1) is 0 Å². The molecule has 2 nitrogen and oxygen atoms in total. The third kappa shape index (κ3) is 1.43. The fraction of sp³-hybridized carbons (Fsp3) is 0.615. The summed E-state index contributed by atoms with van der Waals surface area (Å²) in [5.74, 6) is 0.870. The Morgan fingerprint density at radius 2 is 2.20 bits per heavy atom. The molecule has 2 heteroatoms. The molecule has 0 aliphatic heterocycles. The third-order valence-electron chi connectivity index (χ3n) is 4.26. The van der Waals surface area contributed by atoms with E-state index in [9.17, 15) is 4.79 Å². The van der Waals surface area contributed by atoms with E-state index in [4.69, 9.17) is 4.74 Å². The van der Waals surface area contributed by atoms with E-state index < -0.39 is 0 Å². The molecule has 82 valence electrons. The van der Waals surface area contributed by atoms with Gasteiger partial charge >= 0.3 is 5.97 Å². The lowest BCUT2D eigenvalue weighted by atomic mass is 9.47. The Hall–Kier alpha value is -1.05. The van der Waals surface area contributed by atoms with Crippen LogP contribution in [0, 0.1) is 17.3 Å².